The number of aliphatic hydroxyl groups excluding tert-OH is 1. The summed E-state index contributed by atoms with van der Waals surface area (Å²) in [5.41, 5.74) is 5.42. The Bertz CT molecular complexity index is 183. The van der Waals surface area contributed by atoms with Gasteiger partial charge in [-0.2, -0.15) is 0 Å². The van der Waals surface area contributed by atoms with E-state index in [1.54, 1.807) is 0 Å². The van der Waals surface area contributed by atoms with Gasteiger partial charge in [-0.05, 0) is 6.92 Å². The summed E-state index contributed by atoms with van der Waals surface area (Å²) in [5.74, 6) is 0. The molecule has 0 aromatic rings. The van der Waals surface area contributed by atoms with Crippen molar-refractivity contribution in [2.45, 2.75) is 31.5 Å². The fraction of sp³-hybridized carbons (Fsp3) is 1.00. The molecule has 0 aliphatic carbocycles. The van der Waals surface area contributed by atoms with Gasteiger partial charge in [0.15, 0.2) is 0 Å². The first-order chi connectivity index (χ1) is 7.72. The molecule has 96 valence electrons. The Hall–Kier alpha value is -0.200. The predicted octanol–water partition coefficient (Wildman–Crippen LogP) is -0.0917. The molecule has 1 saturated heterocycles. The van der Waals surface area contributed by atoms with Gasteiger partial charge < -0.3 is 25.1 Å². The minimum absolute atomic E-state index is 0.275. The Kier molecular flexibility index (Phi) is 6.23. The summed E-state index contributed by atoms with van der Waals surface area (Å²) in [6, 6.07) is 0. The van der Waals surface area contributed by atoms with Crippen LogP contribution >= 0.6 is 0 Å². The summed E-state index contributed by atoms with van der Waals surface area (Å²) in [7, 11) is 0. The van der Waals surface area contributed by atoms with E-state index in [0.29, 0.717) is 33.0 Å². The molecule has 5 heteroatoms. The maximum Gasteiger partial charge on any atom is 0.101 e. The second-order valence-electron chi connectivity index (χ2n) is 4.12. The van der Waals surface area contributed by atoms with Crippen molar-refractivity contribution < 1.29 is 19.3 Å². The molecule has 0 spiro atoms. The van der Waals surface area contributed by atoms with Crippen LogP contribution in [-0.2, 0) is 14.2 Å². The largest absolute Gasteiger partial charge is 0.388 e. The average Bonchev–Trinajstić information content (AvgIpc) is 2.35. The molecule has 1 heterocycles. The molecule has 0 radical (unpaired) electrons. The molecule has 1 aliphatic rings. The van der Waals surface area contributed by atoms with Gasteiger partial charge in [-0.3, -0.25) is 0 Å². The lowest BCUT2D eigenvalue weighted by Gasteiger charge is -2.36. The van der Waals surface area contributed by atoms with Gasteiger partial charge in [-0.1, -0.05) is 0 Å². The van der Waals surface area contributed by atoms with Crippen molar-refractivity contribution >= 4 is 0 Å². The predicted molar refractivity (Wildman–Crippen MR) is 60.3 cm³/mol. The first-order valence-electron chi connectivity index (χ1n) is 5.90. The Balaban J connectivity index is 2.27. The second kappa shape index (κ2) is 7.19. The highest BCUT2D eigenvalue weighted by atomic mass is 16.5. The molecular weight excluding hydrogens is 210 g/mol. The van der Waals surface area contributed by atoms with Crippen LogP contribution < -0.4 is 5.73 Å². The summed E-state index contributed by atoms with van der Waals surface area (Å²) < 4.78 is 16.1. The zero-order chi connectivity index (χ0) is 11.9. The van der Waals surface area contributed by atoms with Crippen LogP contribution in [0.3, 0.4) is 0 Å². The molecule has 0 bridgehead atoms. The molecule has 1 atom stereocenters. The number of aliphatic hydroxyl groups is 1. The van der Waals surface area contributed by atoms with Crippen molar-refractivity contribution in [3.8, 4) is 0 Å². The minimum atomic E-state index is -0.578. The van der Waals surface area contributed by atoms with Crippen molar-refractivity contribution in [1.29, 1.82) is 0 Å². The molecular formula is C11H23NO4. The summed E-state index contributed by atoms with van der Waals surface area (Å²) in [5, 5.41) is 9.60. The monoisotopic (exact) mass is 233 g/mol. The maximum absolute atomic E-state index is 9.60. The number of ether oxygens (including phenoxy) is 3. The first kappa shape index (κ1) is 13.9. The van der Waals surface area contributed by atoms with Gasteiger partial charge in [0.05, 0.1) is 18.8 Å². The van der Waals surface area contributed by atoms with Crippen LogP contribution in [0.1, 0.15) is 19.8 Å². The van der Waals surface area contributed by atoms with Gasteiger partial charge >= 0.3 is 0 Å². The van der Waals surface area contributed by atoms with E-state index in [2.05, 4.69) is 0 Å². The van der Waals surface area contributed by atoms with E-state index >= 15 is 0 Å². The van der Waals surface area contributed by atoms with Gasteiger partial charge in [0.2, 0.25) is 0 Å². The highest BCUT2D eigenvalue weighted by Crippen LogP contribution is 2.24. The molecule has 0 aromatic heterocycles. The van der Waals surface area contributed by atoms with E-state index in [0.717, 1.165) is 12.8 Å². The summed E-state index contributed by atoms with van der Waals surface area (Å²) in [6.07, 6.45) is 1.02. The summed E-state index contributed by atoms with van der Waals surface area (Å²) in [6.45, 7) is 4.92. The van der Waals surface area contributed by atoms with Crippen LogP contribution in [-0.4, -0.2) is 56.4 Å². The zero-order valence-electron chi connectivity index (χ0n) is 9.98. The van der Waals surface area contributed by atoms with Crippen molar-refractivity contribution in [3.05, 3.63) is 0 Å². The van der Waals surface area contributed by atoms with Gasteiger partial charge in [-0.25, -0.2) is 0 Å². The Morgan fingerprint density at radius 1 is 1.38 bits per heavy atom. The number of rotatable bonds is 7. The third kappa shape index (κ3) is 4.35. The highest BCUT2D eigenvalue weighted by Gasteiger charge is 2.32. The third-order valence-corrected chi connectivity index (χ3v) is 2.87. The van der Waals surface area contributed by atoms with Crippen LogP contribution in [0.2, 0.25) is 0 Å². The molecule has 0 amide bonds. The first-order valence-corrected chi connectivity index (χ1v) is 5.90. The molecule has 0 saturated carbocycles. The lowest BCUT2D eigenvalue weighted by atomic mass is 9.94. The van der Waals surface area contributed by atoms with Gasteiger partial charge in [-0.15, -0.1) is 0 Å². The molecule has 1 fully saturated rings. The molecule has 1 unspecified atom stereocenters. The number of nitrogens with two attached hydrogens (primary N) is 1. The van der Waals surface area contributed by atoms with Gasteiger partial charge in [0, 0.05) is 39.2 Å². The van der Waals surface area contributed by atoms with E-state index in [9.17, 15) is 5.11 Å². The molecule has 1 aliphatic heterocycles. The molecule has 16 heavy (non-hydrogen) atoms. The fourth-order valence-electron chi connectivity index (χ4n) is 1.73. The van der Waals surface area contributed by atoms with Crippen molar-refractivity contribution in [2.24, 2.45) is 5.73 Å². The molecule has 1 rings (SSSR count). The lowest BCUT2D eigenvalue weighted by molar-refractivity contribution is -0.131. The van der Waals surface area contributed by atoms with Crippen molar-refractivity contribution in [2.75, 3.05) is 39.6 Å². The minimum Gasteiger partial charge on any atom is -0.388 e. The van der Waals surface area contributed by atoms with Crippen molar-refractivity contribution in [3.63, 3.8) is 0 Å². The van der Waals surface area contributed by atoms with E-state index in [4.69, 9.17) is 19.9 Å². The maximum atomic E-state index is 9.60. The van der Waals surface area contributed by atoms with Crippen LogP contribution in [0.4, 0.5) is 0 Å². The molecule has 5 nitrogen and oxygen atoms in total. The standard InChI is InChI=1S/C11H23NO4/c1-2-14-7-10(13)8-16-11(9-12)3-5-15-6-4-11/h10,13H,2-9,12H2,1H3. The van der Waals surface area contributed by atoms with E-state index in [1.807, 2.05) is 6.92 Å². The Labute approximate surface area is 96.9 Å². The van der Waals surface area contributed by atoms with Crippen molar-refractivity contribution in [1.82, 2.24) is 0 Å². The van der Waals surface area contributed by atoms with Crippen LogP contribution in [0.15, 0.2) is 0 Å². The second-order valence-corrected chi connectivity index (χ2v) is 4.12. The quantitative estimate of drug-likeness (QED) is 0.643. The highest BCUT2D eigenvalue weighted by molar-refractivity contribution is 4.84. The Morgan fingerprint density at radius 3 is 2.62 bits per heavy atom. The van der Waals surface area contributed by atoms with Gasteiger partial charge in [0.25, 0.3) is 0 Å². The molecule has 0 aromatic carbocycles. The number of hydrogen-bond acceptors (Lipinski definition) is 5. The van der Waals surface area contributed by atoms with E-state index < -0.39 is 6.10 Å². The van der Waals surface area contributed by atoms with Crippen LogP contribution in [0, 0.1) is 0 Å². The lowest BCUT2D eigenvalue weighted by Crippen LogP contribution is -2.47. The summed E-state index contributed by atoms with van der Waals surface area (Å²) in [4.78, 5) is 0. The van der Waals surface area contributed by atoms with E-state index in [1.165, 1.54) is 0 Å². The normalized spacial score (nSPS) is 21.9. The Morgan fingerprint density at radius 2 is 2.06 bits per heavy atom. The number of hydrogen-bond donors (Lipinski definition) is 2. The molecule has 3 N–H and O–H groups in total. The fourth-order valence-corrected chi connectivity index (χ4v) is 1.73. The topological polar surface area (TPSA) is 73.9 Å². The van der Waals surface area contributed by atoms with Gasteiger partial charge in [0.1, 0.15) is 6.10 Å². The summed E-state index contributed by atoms with van der Waals surface area (Å²) >= 11 is 0. The SMILES string of the molecule is CCOCC(O)COC1(CN)CCOCC1. The van der Waals surface area contributed by atoms with Crippen LogP contribution in [0.5, 0.6) is 0 Å². The zero-order valence-corrected chi connectivity index (χ0v) is 9.98. The van der Waals surface area contributed by atoms with E-state index in [-0.39, 0.29) is 12.2 Å². The smallest absolute Gasteiger partial charge is 0.101 e. The van der Waals surface area contributed by atoms with Crippen LogP contribution in [0.25, 0.3) is 0 Å². The third-order valence-electron chi connectivity index (χ3n) is 2.87. The average molecular weight is 233 g/mol.